The number of nitrogens with one attached hydrogen (secondary N) is 1. The minimum Gasteiger partial charge on any atom is -0.353 e. The van der Waals surface area contributed by atoms with Crippen LogP contribution in [0.1, 0.15) is 44.5 Å². The quantitative estimate of drug-likeness (QED) is 0.782. The number of hydrogen-bond donors (Lipinski definition) is 1. The first-order valence-corrected chi connectivity index (χ1v) is 11.6. The summed E-state index contributed by atoms with van der Waals surface area (Å²) in [6, 6.07) is 9.64. The molecule has 1 fully saturated rings. The van der Waals surface area contributed by atoms with Gasteiger partial charge in [0.25, 0.3) is 0 Å². The van der Waals surface area contributed by atoms with Crippen LogP contribution in [0.4, 0.5) is 0 Å². The maximum atomic E-state index is 13.3. The maximum absolute atomic E-state index is 13.3. The number of rotatable bonds is 6. The van der Waals surface area contributed by atoms with Crippen molar-refractivity contribution in [3.63, 3.8) is 0 Å². The molecule has 1 amide bonds. The van der Waals surface area contributed by atoms with Gasteiger partial charge in [0.1, 0.15) is 4.90 Å². The fourth-order valence-electron chi connectivity index (χ4n) is 3.77. The lowest BCUT2D eigenvalue weighted by atomic mass is 9.97. The third kappa shape index (κ3) is 4.38. The van der Waals surface area contributed by atoms with Crippen molar-refractivity contribution in [1.29, 1.82) is 0 Å². The van der Waals surface area contributed by atoms with Crippen molar-refractivity contribution in [2.45, 2.75) is 57.9 Å². The van der Waals surface area contributed by atoms with Gasteiger partial charge in [-0.1, -0.05) is 25.1 Å². The number of hydrogen-bond acceptors (Lipinski definition) is 4. The molecule has 158 valence electrons. The number of benzene rings is 1. The Morgan fingerprint density at radius 2 is 1.83 bits per heavy atom. The van der Waals surface area contributed by atoms with Crippen molar-refractivity contribution in [3.8, 4) is 5.69 Å². The van der Waals surface area contributed by atoms with E-state index >= 15 is 0 Å². The van der Waals surface area contributed by atoms with E-state index in [1.54, 1.807) is 18.5 Å². The lowest BCUT2D eigenvalue weighted by molar-refractivity contribution is -0.126. The molecule has 0 radical (unpaired) electrons. The maximum Gasteiger partial charge on any atom is 0.246 e. The molecular formula is C21H30N4O3S. The van der Waals surface area contributed by atoms with Gasteiger partial charge in [0.2, 0.25) is 15.9 Å². The Morgan fingerprint density at radius 3 is 2.41 bits per heavy atom. The molecule has 8 heteroatoms. The Bertz CT molecular complexity index is 961. The molecule has 1 N–H and O–H groups in total. The lowest BCUT2D eigenvalue weighted by Crippen LogP contribution is -2.44. The van der Waals surface area contributed by atoms with Gasteiger partial charge in [-0.15, -0.1) is 0 Å². The number of nitrogens with zero attached hydrogens (tertiary/aromatic N) is 3. The highest BCUT2D eigenvalue weighted by Crippen LogP contribution is 2.29. The molecule has 7 nitrogen and oxygen atoms in total. The van der Waals surface area contributed by atoms with Crippen LogP contribution < -0.4 is 5.32 Å². The summed E-state index contributed by atoms with van der Waals surface area (Å²) in [7, 11) is -3.67. The first-order chi connectivity index (χ1) is 13.8. The van der Waals surface area contributed by atoms with Crippen LogP contribution in [0, 0.1) is 19.8 Å². The zero-order chi connectivity index (χ0) is 21.2. The van der Waals surface area contributed by atoms with Gasteiger partial charge in [0.05, 0.1) is 17.1 Å². The standard InChI is InChI=1S/C21H30N4O3S/c1-5-15(2)22-21(26)18-11-13-24(14-12-18)29(27,28)20-16(3)23-25(17(20)4)19-9-7-6-8-10-19/h6-10,15,18H,5,11-14H2,1-4H3,(H,22,26)/t15-/m1/s1. The number of sulfonamides is 1. The van der Waals surface area contributed by atoms with Crippen LogP contribution in [0.25, 0.3) is 5.69 Å². The van der Waals surface area contributed by atoms with E-state index in [-0.39, 0.29) is 22.8 Å². The zero-order valence-electron chi connectivity index (χ0n) is 17.6. The molecule has 0 spiro atoms. The molecule has 3 rings (SSSR count). The molecule has 2 aromatic rings. The second kappa shape index (κ2) is 8.67. The van der Waals surface area contributed by atoms with Crippen LogP contribution >= 0.6 is 0 Å². The summed E-state index contributed by atoms with van der Waals surface area (Å²) in [4.78, 5) is 12.6. The molecule has 0 saturated carbocycles. The average molecular weight is 419 g/mol. The Kier molecular flexibility index (Phi) is 6.43. The van der Waals surface area contributed by atoms with Gasteiger partial charge in [0.15, 0.2) is 0 Å². The Labute approximate surface area is 173 Å². The van der Waals surface area contributed by atoms with Crippen molar-refractivity contribution in [2.24, 2.45) is 5.92 Å². The van der Waals surface area contributed by atoms with Crippen LogP contribution in [0.3, 0.4) is 0 Å². The number of carbonyl (C=O) groups is 1. The zero-order valence-corrected chi connectivity index (χ0v) is 18.4. The van der Waals surface area contributed by atoms with Crippen molar-refractivity contribution >= 4 is 15.9 Å². The largest absolute Gasteiger partial charge is 0.353 e. The first kappa shape index (κ1) is 21.5. The van der Waals surface area contributed by atoms with Gasteiger partial charge in [-0.3, -0.25) is 4.79 Å². The second-order valence-electron chi connectivity index (χ2n) is 7.74. The fourth-order valence-corrected chi connectivity index (χ4v) is 5.60. The minimum atomic E-state index is -3.67. The molecule has 29 heavy (non-hydrogen) atoms. The summed E-state index contributed by atoms with van der Waals surface area (Å²) in [6.45, 7) is 8.21. The predicted octanol–water partition coefficient (Wildman–Crippen LogP) is 2.80. The molecule has 0 bridgehead atoms. The molecule has 1 atom stereocenters. The fraction of sp³-hybridized carbons (Fsp3) is 0.524. The predicted molar refractivity (Wildman–Crippen MR) is 112 cm³/mol. The number of aryl methyl sites for hydroxylation is 1. The van der Waals surface area contributed by atoms with Crippen molar-refractivity contribution in [1.82, 2.24) is 19.4 Å². The molecule has 1 saturated heterocycles. The highest BCUT2D eigenvalue weighted by Gasteiger charge is 2.35. The minimum absolute atomic E-state index is 0.0284. The smallest absolute Gasteiger partial charge is 0.246 e. The summed E-state index contributed by atoms with van der Waals surface area (Å²) >= 11 is 0. The molecular weight excluding hydrogens is 388 g/mol. The Balaban J connectivity index is 1.78. The highest BCUT2D eigenvalue weighted by molar-refractivity contribution is 7.89. The van der Waals surface area contributed by atoms with Gasteiger partial charge in [0, 0.05) is 25.0 Å². The van der Waals surface area contributed by atoms with E-state index in [4.69, 9.17) is 0 Å². The summed E-state index contributed by atoms with van der Waals surface area (Å²) < 4.78 is 29.9. The van der Waals surface area contributed by atoms with E-state index in [2.05, 4.69) is 10.4 Å². The average Bonchev–Trinajstić information content (AvgIpc) is 3.03. The molecule has 0 unspecified atom stereocenters. The van der Waals surface area contributed by atoms with Crippen molar-refractivity contribution in [2.75, 3.05) is 13.1 Å². The van der Waals surface area contributed by atoms with E-state index in [9.17, 15) is 13.2 Å². The number of piperidine rings is 1. The van der Waals surface area contributed by atoms with Crippen molar-refractivity contribution < 1.29 is 13.2 Å². The second-order valence-corrected chi connectivity index (χ2v) is 9.62. The number of aromatic nitrogens is 2. The van der Waals surface area contributed by atoms with Gasteiger partial charge in [-0.25, -0.2) is 13.1 Å². The topological polar surface area (TPSA) is 84.3 Å². The number of amides is 1. The summed E-state index contributed by atoms with van der Waals surface area (Å²) in [5, 5.41) is 7.48. The van der Waals surface area contributed by atoms with Crippen LogP contribution in [0.5, 0.6) is 0 Å². The Hall–Kier alpha value is -2.19. The Morgan fingerprint density at radius 1 is 1.21 bits per heavy atom. The third-order valence-electron chi connectivity index (χ3n) is 5.65. The van der Waals surface area contributed by atoms with Gasteiger partial charge >= 0.3 is 0 Å². The van der Waals surface area contributed by atoms with Crippen LogP contribution in [0.2, 0.25) is 0 Å². The molecule has 1 aromatic heterocycles. The van der Waals surface area contributed by atoms with Gasteiger partial charge in [-0.05, 0) is 52.2 Å². The van der Waals surface area contributed by atoms with E-state index in [1.165, 1.54) is 4.31 Å². The molecule has 1 aliphatic heterocycles. The first-order valence-electron chi connectivity index (χ1n) is 10.2. The van der Waals surface area contributed by atoms with Gasteiger partial charge < -0.3 is 5.32 Å². The van der Waals surface area contributed by atoms with Crippen molar-refractivity contribution in [3.05, 3.63) is 41.7 Å². The van der Waals surface area contributed by atoms with Gasteiger partial charge in [-0.2, -0.15) is 9.40 Å². The lowest BCUT2D eigenvalue weighted by Gasteiger charge is -2.31. The summed E-state index contributed by atoms with van der Waals surface area (Å²) in [5.41, 5.74) is 1.92. The van der Waals surface area contributed by atoms with Crippen LogP contribution in [-0.2, 0) is 14.8 Å². The third-order valence-corrected chi connectivity index (χ3v) is 7.80. The van der Waals surface area contributed by atoms with E-state index in [0.717, 1.165) is 12.1 Å². The van der Waals surface area contributed by atoms with Crippen LogP contribution in [-0.4, -0.2) is 47.5 Å². The van der Waals surface area contributed by atoms with Crippen LogP contribution in [0.15, 0.2) is 35.2 Å². The molecule has 0 aliphatic carbocycles. The molecule has 1 aromatic carbocycles. The number of carbonyl (C=O) groups excluding carboxylic acids is 1. The SMILES string of the molecule is CC[C@@H](C)NC(=O)C1CCN(S(=O)(=O)c2c(C)nn(-c3ccccc3)c2C)CC1. The van der Waals surface area contributed by atoms with E-state index in [0.29, 0.717) is 37.3 Å². The summed E-state index contributed by atoms with van der Waals surface area (Å²) in [6.07, 6.45) is 1.95. The number of para-hydroxylation sites is 1. The van der Waals surface area contributed by atoms with E-state index in [1.807, 2.05) is 44.2 Å². The monoisotopic (exact) mass is 418 g/mol. The summed E-state index contributed by atoms with van der Waals surface area (Å²) in [5.74, 6) is -0.106. The van der Waals surface area contributed by atoms with E-state index < -0.39 is 10.0 Å². The highest BCUT2D eigenvalue weighted by atomic mass is 32.2. The normalized spacial score (nSPS) is 17.2. The molecule has 1 aliphatic rings. The molecule has 2 heterocycles.